The number of carbonyl (C=O) groups is 2. The number of ether oxygens (including phenoxy) is 1. The fourth-order valence-electron chi connectivity index (χ4n) is 3.94. The van der Waals surface area contributed by atoms with Gasteiger partial charge in [-0.1, -0.05) is 44.2 Å². The number of aliphatic hydroxyl groups is 1. The molecule has 1 aliphatic heterocycles. The lowest BCUT2D eigenvalue weighted by atomic mass is 10.0. The Bertz CT molecular complexity index is 1150. The van der Waals surface area contributed by atoms with Crippen molar-refractivity contribution in [2.24, 2.45) is 11.7 Å². The van der Waals surface area contributed by atoms with Gasteiger partial charge >= 0.3 is 5.69 Å². The Hall–Kier alpha value is -3.28. The van der Waals surface area contributed by atoms with Gasteiger partial charge in [0.1, 0.15) is 18.4 Å². The van der Waals surface area contributed by atoms with Gasteiger partial charge in [-0.05, 0) is 18.4 Å². The van der Waals surface area contributed by atoms with E-state index in [4.69, 9.17) is 10.5 Å². The van der Waals surface area contributed by atoms with Crippen molar-refractivity contribution in [2.75, 3.05) is 6.61 Å². The highest BCUT2D eigenvalue weighted by atomic mass is 16.5. The van der Waals surface area contributed by atoms with Gasteiger partial charge in [-0.25, -0.2) is 4.79 Å². The number of benzene rings is 1. The molecule has 1 saturated heterocycles. The lowest BCUT2D eigenvalue weighted by Gasteiger charge is -2.25. The molecule has 1 aliphatic rings. The van der Waals surface area contributed by atoms with Crippen LogP contribution in [0.5, 0.6) is 0 Å². The van der Waals surface area contributed by atoms with Crippen LogP contribution in [-0.4, -0.2) is 57.3 Å². The topological polar surface area (TPSA) is 169 Å². The van der Waals surface area contributed by atoms with Crippen molar-refractivity contribution in [2.45, 2.75) is 64.1 Å². The molecule has 0 spiro atoms. The molecule has 11 heteroatoms. The average molecular weight is 488 g/mol. The van der Waals surface area contributed by atoms with Crippen molar-refractivity contribution in [3.8, 4) is 0 Å². The number of aliphatic hydroxyl groups excluding tert-OH is 1. The zero-order valence-corrected chi connectivity index (χ0v) is 20.1. The molecule has 5 atom stereocenters. The number of H-pyrrole nitrogens is 1. The Labute approximate surface area is 202 Å². The maximum Gasteiger partial charge on any atom is 0.330 e. The summed E-state index contributed by atoms with van der Waals surface area (Å²) < 4.78 is 7.04. The van der Waals surface area contributed by atoms with Gasteiger partial charge in [-0.3, -0.25) is 23.9 Å². The van der Waals surface area contributed by atoms with E-state index in [1.807, 2.05) is 44.2 Å². The Morgan fingerprint density at radius 1 is 1.23 bits per heavy atom. The monoisotopic (exact) mass is 487 g/mol. The number of aryl methyl sites for hydroxylation is 1. The van der Waals surface area contributed by atoms with E-state index in [9.17, 15) is 24.3 Å². The first-order valence-electron chi connectivity index (χ1n) is 11.6. The van der Waals surface area contributed by atoms with Gasteiger partial charge in [-0.2, -0.15) is 0 Å². The molecular weight excluding hydrogens is 454 g/mol. The summed E-state index contributed by atoms with van der Waals surface area (Å²) in [6, 6.07) is 6.92. The summed E-state index contributed by atoms with van der Waals surface area (Å²) in [5.41, 5.74) is 6.01. The second-order valence-electron chi connectivity index (χ2n) is 9.16. The summed E-state index contributed by atoms with van der Waals surface area (Å²) in [5.74, 6) is -1.02. The van der Waals surface area contributed by atoms with E-state index in [1.54, 1.807) is 6.92 Å². The van der Waals surface area contributed by atoms with Crippen molar-refractivity contribution >= 4 is 11.8 Å². The first-order chi connectivity index (χ1) is 16.6. The van der Waals surface area contributed by atoms with Gasteiger partial charge in [0.05, 0.1) is 18.7 Å². The predicted molar refractivity (Wildman–Crippen MR) is 128 cm³/mol. The Morgan fingerprint density at radius 2 is 1.91 bits per heavy atom. The summed E-state index contributed by atoms with van der Waals surface area (Å²) >= 11 is 0. The fraction of sp³-hybridized carbons (Fsp3) is 0.500. The zero-order valence-electron chi connectivity index (χ0n) is 20.1. The van der Waals surface area contributed by atoms with Crippen molar-refractivity contribution in [1.29, 1.82) is 0 Å². The van der Waals surface area contributed by atoms with Gasteiger partial charge in [0.25, 0.3) is 5.56 Å². The molecule has 2 aromatic rings. The molecule has 0 radical (unpaired) electrons. The third kappa shape index (κ3) is 6.44. The van der Waals surface area contributed by atoms with E-state index in [2.05, 4.69) is 15.6 Å². The molecule has 2 heterocycles. The van der Waals surface area contributed by atoms with Crippen LogP contribution in [0.15, 0.2) is 46.1 Å². The predicted octanol–water partition coefficient (Wildman–Crippen LogP) is -0.680. The third-order valence-electron chi connectivity index (χ3n) is 6.14. The van der Waals surface area contributed by atoms with Gasteiger partial charge < -0.3 is 26.2 Å². The van der Waals surface area contributed by atoms with Crippen LogP contribution in [0.2, 0.25) is 0 Å². The molecule has 35 heavy (non-hydrogen) atoms. The molecule has 1 fully saturated rings. The van der Waals surface area contributed by atoms with Gasteiger partial charge in [0.15, 0.2) is 0 Å². The van der Waals surface area contributed by atoms with E-state index in [-0.39, 0.29) is 18.8 Å². The van der Waals surface area contributed by atoms with Gasteiger partial charge in [-0.15, -0.1) is 0 Å². The summed E-state index contributed by atoms with van der Waals surface area (Å²) in [5, 5.41) is 15.4. The van der Waals surface area contributed by atoms with Crippen LogP contribution >= 0.6 is 0 Å². The summed E-state index contributed by atoms with van der Waals surface area (Å²) in [6.45, 7) is 4.80. The first kappa shape index (κ1) is 26.3. The molecule has 0 saturated carbocycles. The Kier molecular flexibility index (Phi) is 8.60. The number of amides is 2. The first-order valence-corrected chi connectivity index (χ1v) is 11.6. The van der Waals surface area contributed by atoms with Gasteiger partial charge in [0, 0.05) is 24.6 Å². The highest BCUT2D eigenvalue weighted by molar-refractivity contribution is 5.90. The zero-order chi connectivity index (χ0) is 25.7. The van der Waals surface area contributed by atoms with Crippen LogP contribution in [0, 0.1) is 12.8 Å². The molecule has 0 aliphatic carbocycles. The summed E-state index contributed by atoms with van der Waals surface area (Å²) in [4.78, 5) is 52.1. The SMILES string of the molecule is Cc1cn([C@H]2C[C@H](NC(=O)[C@H](Cc3ccccc3)NC(=O)[C@@H](N)C(C)C)[C@@H](CO)O2)c(=O)[nH]c1=O. The van der Waals surface area contributed by atoms with E-state index in [0.717, 1.165) is 5.56 Å². The molecule has 11 nitrogen and oxygen atoms in total. The maximum atomic E-state index is 13.3. The highest BCUT2D eigenvalue weighted by Gasteiger charge is 2.38. The minimum Gasteiger partial charge on any atom is -0.394 e. The lowest BCUT2D eigenvalue weighted by Crippen LogP contribution is -2.56. The van der Waals surface area contributed by atoms with Gasteiger partial charge in [0.2, 0.25) is 11.8 Å². The number of aromatic amines is 1. The molecule has 2 amide bonds. The molecular formula is C24H33N5O6. The van der Waals surface area contributed by atoms with Crippen LogP contribution in [0.1, 0.15) is 37.6 Å². The second-order valence-corrected chi connectivity index (χ2v) is 9.16. The number of hydrogen-bond acceptors (Lipinski definition) is 7. The second kappa shape index (κ2) is 11.4. The normalized spacial score (nSPS) is 21.5. The van der Waals surface area contributed by atoms with Crippen molar-refractivity contribution in [3.05, 3.63) is 68.5 Å². The van der Waals surface area contributed by atoms with Crippen LogP contribution < -0.4 is 27.6 Å². The number of hydrogen-bond donors (Lipinski definition) is 5. The number of nitrogens with zero attached hydrogens (tertiary/aromatic N) is 1. The smallest absolute Gasteiger partial charge is 0.330 e. The number of nitrogens with two attached hydrogens (primary N) is 1. The van der Waals surface area contributed by atoms with Crippen molar-refractivity contribution in [3.63, 3.8) is 0 Å². The summed E-state index contributed by atoms with van der Waals surface area (Å²) in [6.07, 6.45) is 0.227. The van der Waals surface area contributed by atoms with Crippen LogP contribution in [-0.2, 0) is 20.7 Å². The minimum absolute atomic E-state index is 0.114. The molecule has 1 aromatic heterocycles. The van der Waals surface area contributed by atoms with E-state index in [0.29, 0.717) is 5.56 Å². The molecule has 6 N–H and O–H groups in total. The minimum atomic E-state index is -0.911. The van der Waals surface area contributed by atoms with Crippen LogP contribution in [0.25, 0.3) is 0 Å². The fourth-order valence-corrected chi connectivity index (χ4v) is 3.94. The number of carbonyl (C=O) groups excluding carboxylic acids is 2. The quantitative estimate of drug-likeness (QED) is 0.312. The standard InChI is InChI=1S/C24H33N5O6/c1-13(2)20(25)23(33)27-17(9-15-7-5-4-6-8-15)22(32)26-16-10-19(35-18(16)12-30)29-11-14(3)21(31)28-24(29)34/h4-8,11,13,16-20,30H,9-10,12,25H2,1-3H3,(H,26,32)(H,27,33)(H,28,31,34)/t16-,17-,18+,19+,20-/m0/s1. The van der Waals surface area contributed by atoms with Crippen molar-refractivity contribution in [1.82, 2.24) is 20.2 Å². The molecule has 1 aromatic carbocycles. The summed E-state index contributed by atoms with van der Waals surface area (Å²) in [7, 11) is 0. The third-order valence-corrected chi connectivity index (χ3v) is 6.14. The van der Waals surface area contributed by atoms with Crippen LogP contribution in [0.4, 0.5) is 0 Å². The largest absolute Gasteiger partial charge is 0.394 e. The Balaban J connectivity index is 1.78. The van der Waals surface area contributed by atoms with E-state index < -0.39 is 60.1 Å². The number of nitrogens with one attached hydrogen (secondary N) is 3. The van der Waals surface area contributed by atoms with Crippen molar-refractivity contribution < 1.29 is 19.4 Å². The molecule has 190 valence electrons. The average Bonchev–Trinajstić information content (AvgIpc) is 3.23. The number of rotatable bonds is 9. The lowest BCUT2D eigenvalue weighted by molar-refractivity contribution is -0.130. The Morgan fingerprint density at radius 3 is 2.54 bits per heavy atom. The molecule has 0 unspecified atom stereocenters. The molecule has 3 rings (SSSR count). The van der Waals surface area contributed by atoms with E-state index >= 15 is 0 Å². The number of aromatic nitrogens is 2. The highest BCUT2D eigenvalue weighted by Crippen LogP contribution is 2.27. The van der Waals surface area contributed by atoms with Crippen LogP contribution in [0.3, 0.4) is 0 Å². The molecule has 0 bridgehead atoms. The van der Waals surface area contributed by atoms with E-state index in [1.165, 1.54) is 10.8 Å². The maximum absolute atomic E-state index is 13.3.